The Balaban J connectivity index is 2.34. The Labute approximate surface area is 120 Å². The van der Waals surface area contributed by atoms with Gasteiger partial charge in [-0.05, 0) is 24.0 Å². The van der Waals surface area contributed by atoms with E-state index in [1.807, 2.05) is 55.5 Å². The van der Waals surface area contributed by atoms with Gasteiger partial charge in [-0.3, -0.25) is 4.79 Å². The molecule has 0 spiro atoms. The highest BCUT2D eigenvalue weighted by molar-refractivity contribution is 5.79. The Morgan fingerprint density at radius 3 is 1.95 bits per heavy atom. The summed E-state index contributed by atoms with van der Waals surface area (Å²) in [6, 6.07) is 19.9. The van der Waals surface area contributed by atoms with Crippen molar-refractivity contribution in [3.8, 4) is 0 Å². The van der Waals surface area contributed by atoms with Crippen LogP contribution in [0.1, 0.15) is 36.8 Å². The predicted molar refractivity (Wildman–Crippen MR) is 80.7 cm³/mol. The van der Waals surface area contributed by atoms with E-state index in [1.165, 1.54) is 0 Å². The van der Waals surface area contributed by atoms with Crippen LogP contribution in [-0.2, 0) is 9.53 Å². The predicted octanol–water partition coefficient (Wildman–Crippen LogP) is 4.14. The lowest BCUT2D eigenvalue weighted by Crippen LogP contribution is -2.21. The molecule has 0 bridgehead atoms. The average Bonchev–Trinajstić information content (AvgIpc) is 2.50. The summed E-state index contributed by atoms with van der Waals surface area (Å²) in [5, 5.41) is 0. The van der Waals surface area contributed by atoms with Gasteiger partial charge in [-0.15, -0.1) is 0 Å². The van der Waals surface area contributed by atoms with Gasteiger partial charge in [0.25, 0.3) is 0 Å². The van der Waals surface area contributed by atoms with Crippen LogP contribution in [0.5, 0.6) is 0 Å². The number of carbonyl (C=O) groups excluding carboxylic acids is 1. The minimum absolute atomic E-state index is 0.0812. The molecular weight excluding hydrogens is 248 g/mol. The van der Waals surface area contributed by atoms with E-state index in [2.05, 4.69) is 19.1 Å². The third-order valence-corrected chi connectivity index (χ3v) is 3.52. The van der Waals surface area contributed by atoms with Gasteiger partial charge in [-0.25, -0.2) is 0 Å². The van der Waals surface area contributed by atoms with Crippen molar-refractivity contribution in [2.24, 2.45) is 0 Å². The largest absolute Gasteiger partial charge is 0.466 e. The fourth-order valence-electron chi connectivity index (χ4n) is 2.47. The maximum atomic E-state index is 12.3. The molecule has 2 aromatic rings. The summed E-state index contributed by atoms with van der Waals surface area (Å²) in [6.45, 7) is 4.32. The lowest BCUT2D eigenvalue weighted by atomic mass is 9.83. The van der Waals surface area contributed by atoms with Crippen molar-refractivity contribution in [3.63, 3.8) is 0 Å². The van der Waals surface area contributed by atoms with Crippen molar-refractivity contribution in [3.05, 3.63) is 71.8 Å². The first kappa shape index (κ1) is 14.3. The summed E-state index contributed by atoms with van der Waals surface area (Å²) in [5.41, 5.74) is 2.15. The van der Waals surface area contributed by atoms with Crippen LogP contribution >= 0.6 is 0 Å². The molecular formula is C18H20O2. The Hall–Kier alpha value is -2.09. The Bertz CT molecular complexity index is 534. The lowest BCUT2D eigenvalue weighted by Gasteiger charge is -2.23. The number of rotatable bonds is 5. The molecule has 0 unspecified atom stereocenters. The van der Waals surface area contributed by atoms with E-state index in [0.29, 0.717) is 6.61 Å². The third kappa shape index (κ3) is 3.27. The third-order valence-electron chi connectivity index (χ3n) is 3.52. The van der Waals surface area contributed by atoms with Crippen molar-refractivity contribution < 1.29 is 9.53 Å². The van der Waals surface area contributed by atoms with Gasteiger partial charge in [0.2, 0.25) is 0 Å². The molecule has 2 nitrogen and oxygen atoms in total. The van der Waals surface area contributed by atoms with Gasteiger partial charge < -0.3 is 4.74 Å². The molecule has 0 amide bonds. The zero-order valence-corrected chi connectivity index (χ0v) is 12.0. The molecule has 0 aliphatic carbocycles. The van der Waals surface area contributed by atoms with Gasteiger partial charge >= 0.3 is 5.97 Å². The molecule has 104 valence electrons. The van der Waals surface area contributed by atoms with Crippen LogP contribution < -0.4 is 0 Å². The monoisotopic (exact) mass is 268 g/mol. The molecule has 2 rings (SSSR count). The van der Waals surface area contributed by atoms with Crippen LogP contribution in [0.4, 0.5) is 0 Å². The van der Waals surface area contributed by atoms with Gasteiger partial charge in [-0.1, -0.05) is 67.6 Å². The first-order chi connectivity index (χ1) is 9.74. The highest BCUT2D eigenvalue weighted by Crippen LogP contribution is 2.33. The molecule has 2 heteroatoms. The first-order valence-electron chi connectivity index (χ1n) is 7.00. The van der Waals surface area contributed by atoms with Gasteiger partial charge in [-0.2, -0.15) is 0 Å². The lowest BCUT2D eigenvalue weighted by molar-refractivity contribution is -0.145. The molecule has 0 aliphatic heterocycles. The first-order valence-corrected chi connectivity index (χ1v) is 7.00. The van der Waals surface area contributed by atoms with Crippen LogP contribution in [0.2, 0.25) is 0 Å². The Morgan fingerprint density at radius 2 is 1.45 bits per heavy atom. The van der Waals surface area contributed by atoms with Crippen molar-refractivity contribution in [1.29, 1.82) is 0 Å². The topological polar surface area (TPSA) is 26.3 Å². The van der Waals surface area contributed by atoms with Crippen molar-refractivity contribution in [1.82, 2.24) is 0 Å². The highest BCUT2D eigenvalue weighted by atomic mass is 16.5. The Morgan fingerprint density at radius 1 is 0.950 bits per heavy atom. The second-order valence-electron chi connectivity index (χ2n) is 4.84. The number of hydrogen-bond donors (Lipinski definition) is 0. The summed E-state index contributed by atoms with van der Waals surface area (Å²) in [6.07, 6.45) is 0. The second kappa shape index (κ2) is 6.90. The maximum absolute atomic E-state index is 12.3. The zero-order chi connectivity index (χ0) is 14.4. The van der Waals surface area contributed by atoms with E-state index in [0.717, 1.165) is 11.1 Å². The summed E-state index contributed by atoms with van der Waals surface area (Å²) in [5.74, 6) is -0.341. The molecule has 0 N–H and O–H groups in total. The summed E-state index contributed by atoms with van der Waals surface area (Å²) < 4.78 is 5.26. The number of benzene rings is 2. The maximum Gasteiger partial charge on any atom is 0.314 e. The van der Waals surface area contributed by atoms with Gasteiger partial charge in [0.1, 0.15) is 0 Å². The van der Waals surface area contributed by atoms with Crippen LogP contribution in [0.15, 0.2) is 60.7 Å². The van der Waals surface area contributed by atoms with E-state index in [1.54, 1.807) is 0 Å². The number of carbonyl (C=O) groups is 1. The van der Waals surface area contributed by atoms with Gasteiger partial charge in [0.05, 0.1) is 12.5 Å². The van der Waals surface area contributed by atoms with E-state index >= 15 is 0 Å². The highest BCUT2D eigenvalue weighted by Gasteiger charge is 2.28. The second-order valence-corrected chi connectivity index (χ2v) is 4.84. The fraction of sp³-hybridized carbons (Fsp3) is 0.278. The number of ether oxygens (including phenoxy) is 1. The van der Waals surface area contributed by atoms with Crippen LogP contribution in [0.25, 0.3) is 0 Å². The van der Waals surface area contributed by atoms with E-state index < -0.39 is 0 Å². The molecule has 0 fully saturated rings. The molecule has 2 atom stereocenters. The van der Waals surface area contributed by atoms with Gasteiger partial charge in [0, 0.05) is 0 Å². The minimum atomic E-state index is -0.265. The van der Waals surface area contributed by atoms with E-state index in [9.17, 15) is 4.79 Å². The molecule has 0 saturated heterocycles. The number of hydrogen-bond acceptors (Lipinski definition) is 2. The van der Waals surface area contributed by atoms with Crippen molar-refractivity contribution >= 4 is 5.97 Å². The smallest absolute Gasteiger partial charge is 0.314 e. The normalized spacial score (nSPS) is 13.5. The molecule has 0 aliphatic rings. The molecule has 0 heterocycles. The van der Waals surface area contributed by atoms with Crippen LogP contribution in [-0.4, -0.2) is 12.6 Å². The minimum Gasteiger partial charge on any atom is -0.466 e. The van der Waals surface area contributed by atoms with E-state index in [-0.39, 0.29) is 17.8 Å². The fourth-order valence-corrected chi connectivity index (χ4v) is 2.47. The van der Waals surface area contributed by atoms with Crippen molar-refractivity contribution in [2.75, 3.05) is 6.61 Å². The Kier molecular flexibility index (Phi) is 4.94. The molecule has 2 aromatic carbocycles. The summed E-state index contributed by atoms with van der Waals surface area (Å²) in [4.78, 5) is 12.3. The standard InChI is InChI=1S/C18H20O2/c1-3-20-18(19)17(16-12-8-5-9-13-16)14(2)15-10-6-4-7-11-15/h4-14,17H,3H2,1-2H3/t14-,17+/m0/s1. The van der Waals surface area contributed by atoms with Crippen LogP contribution in [0.3, 0.4) is 0 Å². The summed E-state index contributed by atoms with van der Waals surface area (Å²) >= 11 is 0. The average molecular weight is 268 g/mol. The van der Waals surface area contributed by atoms with Crippen molar-refractivity contribution in [2.45, 2.75) is 25.7 Å². The molecule has 0 saturated carbocycles. The molecule has 20 heavy (non-hydrogen) atoms. The molecule has 0 aromatic heterocycles. The molecule has 0 radical (unpaired) electrons. The summed E-state index contributed by atoms with van der Waals surface area (Å²) in [7, 11) is 0. The van der Waals surface area contributed by atoms with E-state index in [4.69, 9.17) is 4.74 Å². The zero-order valence-electron chi connectivity index (χ0n) is 12.0. The van der Waals surface area contributed by atoms with Gasteiger partial charge in [0.15, 0.2) is 0 Å². The quantitative estimate of drug-likeness (QED) is 0.762. The van der Waals surface area contributed by atoms with Crippen LogP contribution in [0, 0.1) is 0 Å². The SMILES string of the molecule is CCOC(=O)[C@@H](c1ccccc1)[C@@H](C)c1ccccc1. The number of esters is 1.